The summed E-state index contributed by atoms with van der Waals surface area (Å²) < 4.78 is 0. The predicted octanol–water partition coefficient (Wildman–Crippen LogP) is 4.62. The van der Waals surface area contributed by atoms with Crippen molar-refractivity contribution in [3.8, 4) is 0 Å². The van der Waals surface area contributed by atoms with E-state index in [2.05, 4.69) is 46.9 Å². The highest BCUT2D eigenvalue weighted by atomic mass is 14.9. The van der Waals surface area contributed by atoms with Gasteiger partial charge < -0.3 is 5.32 Å². The van der Waals surface area contributed by atoms with Crippen molar-refractivity contribution in [2.45, 2.75) is 79.2 Å². The minimum absolute atomic E-state index is 0.264. The summed E-state index contributed by atoms with van der Waals surface area (Å²) in [4.78, 5) is 0. The maximum absolute atomic E-state index is 3.65. The fourth-order valence-electron chi connectivity index (χ4n) is 2.10. The first-order valence-corrected chi connectivity index (χ1v) is 7.10. The second-order valence-electron chi connectivity index (χ2n) is 6.62. The van der Waals surface area contributed by atoms with Crippen LogP contribution in [-0.2, 0) is 0 Å². The molecule has 0 aliphatic heterocycles. The summed E-state index contributed by atoms with van der Waals surface area (Å²) in [7, 11) is 0. The summed E-state index contributed by atoms with van der Waals surface area (Å²) in [6, 6.07) is 0. The lowest BCUT2D eigenvalue weighted by molar-refractivity contribution is 0.313. The zero-order chi connectivity index (χ0) is 12.6. The molecule has 0 rings (SSSR count). The number of nitrogens with one attached hydrogen (secondary N) is 1. The Morgan fingerprint density at radius 1 is 1.06 bits per heavy atom. The van der Waals surface area contributed by atoms with Gasteiger partial charge in [0.25, 0.3) is 0 Å². The van der Waals surface area contributed by atoms with E-state index in [0.29, 0.717) is 0 Å². The third kappa shape index (κ3) is 10.5. The largest absolute Gasteiger partial charge is 0.312 e. The summed E-state index contributed by atoms with van der Waals surface area (Å²) in [5, 5.41) is 3.65. The molecule has 1 unspecified atom stereocenters. The molecule has 0 aromatic rings. The molecule has 0 aromatic carbocycles. The van der Waals surface area contributed by atoms with Crippen molar-refractivity contribution in [3.05, 3.63) is 0 Å². The first-order valence-electron chi connectivity index (χ1n) is 7.10. The average Bonchev–Trinajstić information content (AvgIpc) is 2.12. The minimum atomic E-state index is 0.264. The zero-order valence-electron chi connectivity index (χ0n) is 12.4. The standard InChI is InChI=1S/C15H33N/c1-7-8-9-10-14(11-13(2)3)12-16-15(4,5)6/h13-14,16H,7-12H2,1-6H3. The smallest absolute Gasteiger partial charge is 0.00966 e. The molecular weight excluding hydrogens is 194 g/mol. The summed E-state index contributed by atoms with van der Waals surface area (Å²) in [5.41, 5.74) is 0.264. The van der Waals surface area contributed by atoms with Gasteiger partial charge in [-0.2, -0.15) is 0 Å². The molecule has 0 heterocycles. The molecule has 0 aliphatic carbocycles. The number of rotatable bonds is 8. The summed E-state index contributed by atoms with van der Waals surface area (Å²) >= 11 is 0. The predicted molar refractivity (Wildman–Crippen MR) is 74.8 cm³/mol. The highest BCUT2D eigenvalue weighted by Gasteiger charge is 2.15. The molecule has 98 valence electrons. The molecule has 0 aliphatic rings. The van der Waals surface area contributed by atoms with Gasteiger partial charge in [-0.05, 0) is 52.0 Å². The molecule has 16 heavy (non-hydrogen) atoms. The van der Waals surface area contributed by atoms with Gasteiger partial charge in [0.2, 0.25) is 0 Å². The number of hydrogen-bond donors (Lipinski definition) is 1. The third-order valence-electron chi connectivity index (χ3n) is 2.94. The maximum Gasteiger partial charge on any atom is 0.00966 e. The van der Waals surface area contributed by atoms with E-state index in [-0.39, 0.29) is 5.54 Å². The maximum atomic E-state index is 3.65. The highest BCUT2D eigenvalue weighted by Crippen LogP contribution is 2.19. The van der Waals surface area contributed by atoms with E-state index in [1.807, 2.05) is 0 Å². The van der Waals surface area contributed by atoms with Crippen LogP contribution in [0.1, 0.15) is 73.6 Å². The van der Waals surface area contributed by atoms with Gasteiger partial charge in [0, 0.05) is 5.54 Å². The van der Waals surface area contributed by atoms with E-state index >= 15 is 0 Å². The van der Waals surface area contributed by atoms with Crippen LogP contribution in [-0.4, -0.2) is 12.1 Å². The third-order valence-corrected chi connectivity index (χ3v) is 2.94. The van der Waals surface area contributed by atoms with Gasteiger partial charge in [0.05, 0.1) is 0 Å². The van der Waals surface area contributed by atoms with E-state index < -0.39 is 0 Å². The van der Waals surface area contributed by atoms with E-state index in [1.54, 1.807) is 0 Å². The van der Waals surface area contributed by atoms with Crippen molar-refractivity contribution in [1.29, 1.82) is 0 Å². The van der Waals surface area contributed by atoms with E-state index in [1.165, 1.54) is 38.6 Å². The first kappa shape index (κ1) is 16.0. The Kier molecular flexibility index (Phi) is 8.09. The molecule has 0 bridgehead atoms. The fraction of sp³-hybridized carbons (Fsp3) is 1.00. The fourth-order valence-corrected chi connectivity index (χ4v) is 2.10. The summed E-state index contributed by atoms with van der Waals surface area (Å²) in [6.45, 7) is 14.9. The zero-order valence-corrected chi connectivity index (χ0v) is 12.4. The van der Waals surface area contributed by atoms with Crippen LogP contribution in [0.4, 0.5) is 0 Å². The van der Waals surface area contributed by atoms with Gasteiger partial charge in [-0.25, -0.2) is 0 Å². The van der Waals surface area contributed by atoms with Crippen molar-refractivity contribution < 1.29 is 0 Å². The van der Waals surface area contributed by atoms with Crippen LogP contribution in [0.15, 0.2) is 0 Å². The average molecular weight is 227 g/mol. The van der Waals surface area contributed by atoms with Crippen molar-refractivity contribution >= 4 is 0 Å². The summed E-state index contributed by atoms with van der Waals surface area (Å²) in [6.07, 6.45) is 6.90. The van der Waals surface area contributed by atoms with Crippen LogP contribution >= 0.6 is 0 Å². The van der Waals surface area contributed by atoms with Crippen LogP contribution in [0.5, 0.6) is 0 Å². The summed E-state index contributed by atoms with van der Waals surface area (Å²) in [5.74, 6) is 1.69. The second-order valence-corrected chi connectivity index (χ2v) is 6.62. The van der Waals surface area contributed by atoms with Gasteiger partial charge in [-0.15, -0.1) is 0 Å². The normalized spacial score (nSPS) is 14.4. The highest BCUT2D eigenvalue weighted by molar-refractivity contribution is 4.74. The molecule has 0 aromatic heterocycles. The molecule has 0 amide bonds. The van der Waals surface area contributed by atoms with Gasteiger partial charge >= 0.3 is 0 Å². The van der Waals surface area contributed by atoms with E-state index in [9.17, 15) is 0 Å². The first-order chi connectivity index (χ1) is 7.35. The van der Waals surface area contributed by atoms with Crippen molar-refractivity contribution in [2.75, 3.05) is 6.54 Å². The van der Waals surface area contributed by atoms with Gasteiger partial charge in [0.1, 0.15) is 0 Å². The van der Waals surface area contributed by atoms with Crippen LogP contribution in [0, 0.1) is 11.8 Å². The molecule has 1 N–H and O–H groups in total. The molecule has 0 saturated heterocycles. The lowest BCUT2D eigenvalue weighted by atomic mass is 9.91. The monoisotopic (exact) mass is 227 g/mol. The lowest BCUT2D eigenvalue weighted by Crippen LogP contribution is -2.39. The molecule has 0 spiro atoms. The Labute approximate surface area is 103 Å². The molecule has 0 saturated carbocycles. The van der Waals surface area contributed by atoms with Gasteiger partial charge in [0.15, 0.2) is 0 Å². The Morgan fingerprint density at radius 2 is 1.69 bits per heavy atom. The van der Waals surface area contributed by atoms with Crippen molar-refractivity contribution in [2.24, 2.45) is 11.8 Å². The van der Waals surface area contributed by atoms with Gasteiger partial charge in [-0.3, -0.25) is 0 Å². The SMILES string of the molecule is CCCCCC(CNC(C)(C)C)CC(C)C. The Hall–Kier alpha value is -0.0400. The second kappa shape index (κ2) is 8.11. The number of unbranched alkanes of at least 4 members (excludes halogenated alkanes) is 2. The molecule has 1 nitrogen and oxygen atoms in total. The Morgan fingerprint density at radius 3 is 2.12 bits per heavy atom. The quantitative estimate of drug-likeness (QED) is 0.597. The molecule has 1 heteroatoms. The van der Waals surface area contributed by atoms with Crippen LogP contribution in [0.25, 0.3) is 0 Å². The molecular formula is C15H33N. The molecule has 0 radical (unpaired) electrons. The lowest BCUT2D eigenvalue weighted by Gasteiger charge is -2.26. The minimum Gasteiger partial charge on any atom is -0.312 e. The van der Waals surface area contributed by atoms with E-state index in [0.717, 1.165) is 11.8 Å². The topological polar surface area (TPSA) is 12.0 Å². The van der Waals surface area contributed by atoms with Crippen LogP contribution in [0.2, 0.25) is 0 Å². The Bertz CT molecular complexity index is 155. The van der Waals surface area contributed by atoms with Crippen LogP contribution < -0.4 is 5.32 Å². The Balaban J connectivity index is 3.90. The molecule has 0 fully saturated rings. The number of hydrogen-bond acceptors (Lipinski definition) is 1. The van der Waals surface area contributed by atoms with Crippen LogP contribution in [0.3, 0.4) is 0 Å². The van der Waals surface area contributed by atoms with E-state index in [4.69, 9.17) is 0 Å². The van der Waals surface area contributed by atoms with Crippen molar-refractivity contribution in [1.82, 2.24) is 5.32 Å². The van der Waals surface area contributed by atoms with Gasteiger partial charge in [-0.1, -0.05) is 40.0 Å². The molecule has 1 atom stereocenters. The van der Waals surface area contributed by atoms with Crippen molar-refractivity contribution in [3.63, 3.8) is 0 Å².